The first-order valence-corrected chi connectivity index (χ1v) is 7.19. The molecule has 2 heteroatoms. The summed E-state index contributed by atoms with van der Waals surface area (Å²) in [5.41, 5.74) is 3.66. The second-order valence-electron chi connectivity index (χ2n) is 5.68. The van der Waals surface area contributed by atoms with E-state index in [0.717, 1.165) is 5.56 Å². The van der Waals surface area contributed by atoms with Gasteiger partial charge in [0.25, 0.3) is 0 Å². The van der Waals surface area contributed by atoms with E-state index in [1.807, 2.05) is 20.0 Å². The summed E-state index contributed by atoms with van der Waals surface area (Å²) in [4.78, 5) is 0. The third-order valence-corrected chi connectivity index (χ3v) is 4.37. The fourth-order valence-electron chi connectivity index (χ4n) is 3.25. The van der Waals surface area contributed by atoms with E-state index in [1.165, 1.54) is 17.5 Å². The quantitative estimate of drug-likeness (QED) is 0.877. The third-order valence-electron chi connectivity index (χ3n) is 4.37. The molecule has 3 rings (SSSR count). The van der Waals surface area contributed by atoms with Crippen LogP contribution in [0.2, 0.25) is 0 Å². The minimum atomic E-state index is -0.156. The van der Waals surface area contributed by atoms with Crippen molar-refractivity contribution in [3.05, 3.63) is 71.0 Å². The summed E-state index contributed by atoms with van der Waals surface area (Å²) < 4.78 is 13.3. The van der Waals surface area contributed by atoms with Crippen molar-refractivity contribution in [3.63, 3.8) is 0 Å². The van der Waals surface area contributed by atoms with E-state index in [4.69, 9.17) is 0 Å². The Morgan fingerprint density at radius 1 is 1.15 bits per heavy atom. The highest BCUT2D eigenvalue weighted by Crippen LogP contribution is 2.54. The van der Waals surface area contributed by atoms with Crippen LogP contribution < -0.4 is 5.32 Å². The summed E-state index contributed by atoms with van der Waals surface area (Å²) in [6.45, 7) is 1.99. The SMILES string of the molecule is CNC(c1ccc(F)cc1C)C1CC1c1ccccc1. The molecule has 0 heterocycles. The number of halogens is 1. The largest absolute Gasteiger partial charge is 0.313 e. The van der Waals surface area contributed by atoms with Crippen LogP contribution in [0, 0.1) is 18.7 Å². The second-order valence-corrected chi connectivity index (χ2v) is 5.68. The van der Waals surface area contributed by atoms with Gasteiger partial charge in [0.05, 0.1) is 0 Å². The molecule has 1 saturated carbocycles. The predicted octanol–water partition coefficient (Wildman–Crippen LogP) is 4.20. The van der Waals surface area contributed by atoms with Gasteiger partial charge >= 0.3 is 0 Å². The molecule has 0 bridgehead atoms. The Hall–Kier alpha value is -1.67. The first-order chi connectivity index (χ1) is 9.70. The van der Waals surface area contributed by atoms with Crippen molar-refractivity contribution in [2.75, 3.05) is 7.05 Å². The fourth-order valence-corrected chi connectivity index (χ4v) is 3.25. The Kier molecular flexibility index (Phi) is 3.58. The fraction of sp³-hybridized carbons (Fsp3) is 0.333. The maximum Gasteiger partial charge on any atom is 0.123 e. The molecule has 0 amide bonds. The number of aryl methyl sites for hydroxylation is 1. The molecule has 0 aromatic heterocycles. The summed E-state index contributed by atoms with van der Waals surface area (Å²) in [6, 6.07) is 16.1. The van der Waals surface area contributed by atoms with E-state index in [2.05, 4.69) is 35.6 Å². The van der Waals surface area contributed by atoms with E-state index in [0.29, 0.717) is 17.9 Å². The van der Waals surface area contributed by atoms with Gasteiger partial charge in [-0.15, -0.1) is 0 Å². The Balaban J connectivity index is 1.82. The van der Waals surface area contributed by atoms with Gasteiger partial charge in [-0.25, -0.2) is 4.39 Å². The lowest BCUT2D eigenvalue weighted by atomic mass is 9.95. The second kappa shape index (κ2) is 5.37. The van der Waals surface area contributed by atoms with Gasteiger partial charge < -0.3 is 5.32 Å². The maximum absolute atomic E-state index is 13.3. The molecule has 0 saturated heterocycles. The van der Waals surface area contributed by atoms with Crippen LogP contribution in [-0.4, -0.2) is 7.05 Å². The van der Waals surface area contributed by atoms with E-state index < -0.39 is 0 Å². The standard InChI is InChI=1S/C18H20FN/c1-12-10-14(19)8-9-15(12)18(20-2)17-11-16(17)13-6-4-3-5-7-13/h3-10,16-18,20H,11H2,1-2H3. The Morgan fingerprint density at radius 2 is 1.90 bits per heavy atom. The first kappa shape index (κ1) is 13.3. The lowest BCUT2D eigenvalue weighted by Crippen LogP contribution is -2.20. The Bertz CT molecular complexity index is 594. The van der Waals surface area contributed by atoms with Crippen molar-refractivity contribution in [1.29, 1.82) is 0 Å². The monoisotopic (exact) mass is 269 g/mol. The molecule has 20 heavy (non-hydrogen) atoms. The van der Waals surface area contributed by atoms with E-state index in [1.54, 1.807) is 12.1 Å². The van der Waals surface area contributed by atoms with Crippen molar-refractivity contribution in [3.8, 4) is 0 Å². The third kappa shape index (κ3) is 2.48. The van der Waals surface area contributed by atoms with E-state index in [9.17, 15) is 4.39 Å². The predicted molar refractivity (Wildman–Crippen MR) is 80.2 cm³/mol. The summed E-state index contributed by atoms with van der Waals surface area (Å²) >= 11 is 0. The average Bonchev–Trinajstić information content (AvgIpc) is 3.23. The molecule has 0 aliphatic heterocycles. The molecule has 2 aromatic carbocycles. The van der Waals surface area contributed by atoms with Crippen molar-refractivity contribution >= 4 is 0 Å². The highest BCUT2D eigenvalue weighted by atomic mass is 19.1. The smallest absolute Gasteiger partial charge is 0.123 e. The average molecular weight is 269 g/mol. The van der Waals surface area contributed by atoms with Crippen molar-refractivity contribution in [2.24, 2.45) is 5.92 Å². The van der Waals surface area contributed by atoms with Crippen LogP contribution in [-0.2, 0) is 0 Å². The molecular formula is C18H20FN. The summed E-state index contributed by atoms with van der Waals surface area (Å²) in [5.74, 6) is 1.07. The lowest BCUT2D eigenvalue weighted by molar-refractivity contribution is 0.513. The van der Waals surface area contributed by atoms with Gasteiger partial charge in [0.2, 0.25) is 0 Å². The number of rotatable bonds is 4. The van der Waals surface area contributed by atoms with Crippen LogP contribution in [0.3, 0.4) is 0 Å². The van der Waals surface area contributed by atoms with Gasteiger partial charge in [-0.05, 0) is 61.1 Å². The molecule has 2 aromatic rings. The number of hydrogen-bond donors (Lipinski definition) is 1. The summed E-state index contributed by atoms with van der Waals surface area (Å²) in [6.07, 6.45) is 1.20. The van der Waals surface area contributed by atoms with Crippen LogP contribution in [0.5, 0.6) is 0 Å². The molecule has 1 N–H and O–H groups in total. The van der Waals surface area contributed by atoms with Crippen LogP contribution in [0.1, 0.15) is 35.1 Å². The topological polar surface area (TPSA) is 12.0 Å². The minimum absolute atomic E-state index is 0.156. The van der Waals surface area contributed by atoms with E-state index in [-0.39, 0.29) is 5.82 Å². The van der Waals surface area contributed by atoms with Crippen LogP contribution in [0.25, 0.3) is 0 Å². The minimum Gasteiger partial charge on any atom is -0.313 e. The Labute approximate surface area is 119 Å². The number of benzene rings is 2. The zero-order valence-corrected chi connectivity index (χ0v) is 11.9. The van der Waals surface area contributed by atoms with Crippen LogP contribution >= 0.6 is 0 Å². The maximum atomic E-state index is 13.3. The van der Waals surface area contributed by atoms with Gasteiger partial charge in [-0.2, -0.15) is 0 Å². The van der Waals surface area contributed by atoms with Gasteiger partial charge in [-0.3, -0.25) is 0 Å². The molecule has 104 valence electrons. The van der Waals surface area contributed by atoms with Crippen molar-refractivity contribution in [1.82, 2.24) is 5.32 Å². The van der Waals surface area contributed by atoms with Crippen LogP contribution in [0.15, 0.2) is 48.5 Å². The zero-order valence-electron chi connectivity index (χ0n) is 11.9. The number of hydrogen-bond acceptors (Lipinski definition) is 1. The van der Waals surface area contributed by atoms with Gasteiger partial charge in [0.1, 0.15) is 5.82 Å². The molecule has 0 spiro atoms. The van der Waals surface area contributed by atoms with Crippen molar-refractivity contribution < 1.29 is 4.39 Å². The highest BCUT2D eigenvalue weighted by Gasteiger charge is 2.44. The van der Waals surface area contributed by atoms with Crippen LogP contribution in [0.4, 0.5) is 4.39 Å². The lowest BCUT2D eigenvalue weighted by Gasteiger charge is -2.19. The van der Waals surface area contributed by atoms with Gasteiger partial charge in [-0.1, -0.05) is 36.4 Å². The molecule has 1 aliphatic carbocycles. The molecule has 3 unspecified atom stereocenters. The summed E-state index contributed by atoms with van der Waals surface area (Å²) in [7, 11) is 1.99. The first-order valence-electron chi connectivity index (χ1n) is 7.19. The van der Waals surface area contributed by atoms with Gasteiger partial charge in [0.15, 0.2) is 0 Å². The molecule has 0 radical (unpaired) electrons. The molecule has 1 nitrogen and oxygen atoms in total. The number of nitrogens with one attached hydrogen (secondary N) is 1. The van der Waals surface area contributed by atoms with Gasteiger partial charge in [0, 0.05) is 6.04 Å². The highest BCUT2D eigenvalue weighted by molar-refractivity contribution is 5.34. The summed E-state index contributed by atoms with van der Waals surface area (Å²) in [5, 5.41) is 3.42. The molecule has 1 aliphatic rings. The molecular weight excluding hydrogens is 249 g/mol. The van der Waals surface area contributed by atoms with Crippen molar-refractivity contribution in [2.45, 2.75) is 25.3 Å². The zero-order chi connectivity index (χ0) is 14.1. The van der Waals surface area contributed by atoms with E-state index >= 15 is 0 Å². The molecule has 3 atom stereocenters. The molecule has 1 fully saturated rings. The normalized spacial score (nSPS) is 22.6. The Morgan fingerprint density at radius 3 is 2.55 bits per heavy atom.